The van der Waals surface area contributed by atoms with Crippen LogP contribution in [-0.4, -0.2) is 34.0 Å². The lowest BCUT2D eigenvalue weighted by molar-refractivity contribution is -0.123. The smallest absolute Gasteiger partial charge is 0.332 e. The molecule has 6 nitrogen and oxygen atoms in total. The van der Waals surface area contributed by atoms with E-state index in [0.29, 0.717) is 11.3 Å². The number of halogens is 1. The zero-order valence-corrected chi connectivity index (χ0v) is 12.7. The molecule has 0 radical (unpaired) electrons. The Morgan fingerprint density at radius 2 is 2.09 bits per heavy atom. The summed E-state index contributed by atoms with van der Waals surface area (Å²) in [6.45, 7) is 3.32. The van der Waals surface area contributed by atoms with E-state index in [-0.39, 0.29) is 22.9 Å². The second-order valence-corrected chi connectivity index (χ2v) is 5.76. The molecule has 0 bridgehead atoms. The highest BCUT2D eigenvalue weighted by atomic mass is 35.5. The van der Waals surface area contributed by atoms with Crippen molar-refractivity contribution in [1.82, 2.24) is 4.90 Å². The van der Waals surface area contributed by atoms with E-state index in [9.17, 15) is 14.7 Å². The molecule has 1 N–H and O–H groups in total. The Kier molecular flexibility index (Phi) is 2.94. The van der Waals surface area contributed by atoms with Crippen molar-refractivity contribution in [3.05, 3.63) is 40.1 Å². The topological polar surface area (TPSA) is 84.6 Å². The van der Waals surface area contributed by atoms with E-state index in [1.54, 1.807) is 6.92 Å². The van der Waals surface area contributed by atoms with Gasteiger partial charge in [0.15, 0.2) is 5.54 Å². The van der Waals surface area contributed by atoms with E-state index in [4.69, 9.17) is 16.9 Å². The highest BCUT2D eigenvalue weighted by Gasteiger charge is 2.59. The lowest BCUT2D eigenvalue weighted by atomic mass is 10.0. The summed E-state index contributed by atoms with van der Waals surface area (Å²) in [6, 6.07) is 4.41. The van der Waals surface area contributed by atoms with Crippen molar-refractivity contribution in [3.63, 3.8) is 0 Å². The highest BCUT2D eigenvalue weighted by Crippen LogP contribution is 2.41. The third-order valence-corrected chi connectivity index (χ3v) is 4.75. The van der Waals surface area contributed by atoms with Crippen LogP contribution in [0.25, 0.3) is 0 Å². The maximum Gasteiger partial charge on any atom is 0.332 e. The van der Waals surface area contributed by atoms with Gasteiger partial charge in [0, 0.05) is 6.54 Å². The van der Waals surface area contributed by atoms with Crippen LogP contribution in [0.5, 0.6) is 0 Å². The van der Waals surface area contributed by atoms with Crippen LogP contribution in [0.15, 0.2) is 24.0 Å². The van der Waals surface area contributed by atoms with Crippen molar-refractivity contribution in [1.29, 1.82) is 5.26 Å². The Morgan fingerprint density at radius 1 is 1.41 bits per heavy atom. The number of benzene rings is 1. The van der Waals surface area contributed by atoms with Gasteiger partial charge >= 0.3 is 6.03 Å². The van der Waals surface area contributed by atoms with Crippen LogP contribution in [0.3, 0.4) is 0 Å². The maximum atomic E-state index is 12.7. The van der Waals surface area contributed by atoms with Gasteiger partial charge in [0.05, 0.1) is 16.3 Å². The Morgan fingerprint density at radius 3 is 2.68 bits per heavy atom. The van der Waals surface area contributed by atoms with Gasteiger partial charge in [-0.3, -0.25) is 9.69 Å². The summed E-state index contributed by atoms with van der Waals surface area (Å²) < 4.78 is 0. The Labute approximate surface area is 131 Å². The molecule has 3 amide bonds. The molecule has 7 heteroatoms. The molecule has 1 aromatic carbocycles. The number of nitriles is 1. The molecule has 22 heavy (non-hydrogen) atoms. The van der Waals surface area contributed by atoms with Crippen molar-refractivity contribution in [3.8, 4) is 6.07 Å². The summed E-state index contributed by atoms with van der Waals surface area (Å²) in [6.07, 6.45) is 1.45. The lowest BCUT2D eigenvalue weighted by Gasteiger charge is -2.23. The Bertz CT molecular complexity index is 796. The van der Waals surface area contributed by atoms with E-state index in [1.807, 2.05) is 6.07 Å². The fourth-order valence-electron chi connectivity index (χ4n) is 2.83. The van der Waals surface area contributed by atoms with Gasteiger partial charge < -0.3 is 5.11 Å². The monoisotopic (exact) mass is 317 g/mol. The van der Waals surface area contributed by atoms with Crippen LogP contribution in [0.1, 0.15) is 18.1 Å². The Hall–Kier alpha value is -2.52. The van der Waals surface area contributed by atoms with Crippen LogP contribution in [-0.2, 0) is 4.79 Å². The predicted molar refractivity (Wildman–Crippen MR) is 79.6 cm³/mol. The standard InChI is InChI=1S/C15H12ClN3O3/c1-8-10(4-3-9(7-17)12(8)16)19-13(21)15(2)11(20)5-6-18(15)14(19)22/h3-5,20H,6H2,1-2H3. The zero-order valence-electron chi connectivity index (χ0n) is 11.9. The summed E-state index contributed by atoms with van der Waals surface area (Å²) in [5, 5.41) is 19.2. The van der Waals surface area contributed by atoms with Crippen LogP contribution in [0, 0.1) is 18.3 Å². The van der Waals surface area contributed by atoms with Crippen molar-refractivity contribution >= 4 is 29.2 Å². The molecular formula is C15H12ClN3O3. The number of imide groups is 1. The largest absolute Gasteiger partial charge is 0.510 e. The molecule has 2 aliphatic heterocycles. The predicted octanol–water partition coefficient (Wildman–Crippen LogP) is 2.50. The van der Waals surface area contributed by atoms with Crippen LogP contribution >= 0.6 is 11.6 Å². The lowest BCUT2D eigenvalue weighted by Crippen LogP contribution is -2.44. The Balaban J connectivity index is 2.14. The van der Waals surface area contributed by atoms with Gasteiger partial charge in [0.1, 0.15) is 11.8 Å². The SMILES string of the molecule is Cc1c(N2C(=O)N3CC=C(O)C3(C)C2=O)ccc(C#N)c1Cl. The molecule has 1 unspecified atom stereocenters. The number of aliphatic hydroxyl groups is 1. The van der Waals surface area contributed by atoms with Gasteiger partial charge in [-0.1, -0.05) is 11.6 Å². The molecule has 0 spiro atoms. The number of rotatable bonds is 1. The minimum absolute atomic E-state index is 0.134. The van der Waals surface area contributed by atoms with Crippen molar-refractivity contribution in [2.45, 2.75) is 19.4 Å². The number of aliphatic hydroxyl groups excluding tert-OH is 1. The van der Waals surface area contributed by atoms with Crippen LogP contribution in [0.4, 0.5) is 10.5 Å². The minimum Gasteiger partial charge on any atom is -0.510 e. The number of hydrogen-bond acceptors (Lipinski definition) is 4. The quantitative estimate of drug-likeness (QED) is 0.806. The van der Waals surface area contributed by atoms with E-state index in [0.717, 1.165) is 4.90 Å². The van der Waals surface area contributed by atoms with Gasteiger partial charge in [-0.2, -0.15) is 5.26 Å². The molecule has 1 fully saturated rings. The molecule has 1 saturated heterocycles. The van der Waals surface area contributed by atoms with Crippen molar-refractivity contribution in [2.75, 3.05) is 11.4 Å². The molecule has 0 aliphatic carbocycles. The van der Waals surface area contributed by atoms with Crippen LogP contribution in [0.2, 0.25) is 5.02 Å². The molecule has 2 heterocycles. The molecular weight excluding hydrogens is 306 g/mol. The number of carbonyl (C=O) groups is 2. The van der Waals surface area contributed by atoms with Gasteiger partial charge in [0.2, 0.25) is 0 Å². The van der Waals surface area contributed by atoms with Gasteiger partial charge in [0.25, 0.3) is 5.91 Å². The average Bonchev–Trinajstić information content (AvgIpc) is 2.89. The third-order valence-electron chi connectivity index (χ3n) is 4.27. The van der Waals surface area contributed by atoms with Crippen molar-refractivity contribution in [2.24, 2.45) is 0 Å². The van der Waals surface area contributed by atoms with Crippen LogP contribution < -0.4 is 4.90 Å². The molecule has 2 aliphatic rings. The van der Waals surface area contributed by atoms with Gasteiger partial charge in [-0.25, -0.2) is 9.69 Å². The van der Waals surface area contributed by atoms with E-state index in [1.165, 1.54) is 30.0 Å². The summed E-state index contributed by atoms with van der Waals surface area (Å²) in [5.41, 5.74) is -0.307. The summed E-state index contributed by atoms with van der Waals surface area (Å²) >= 11 is 6.11. The first-order valence-corrected chi connectivity index (χ1v) is 6.96. The molecule has 1 aromatic rings. The fourth-order valence-corrected chi connectivity index (χ4v) is 3.03. The van der Waals surface area contributed by atoms with Crippen molar-refractivity contribution < 1.29 is 14.7 Å². The number of fused-ring (bicyclic) bond motifs is 1. The summed E-state index contributed by atoms with van der Waals surface area (Å²) in [7, 11) is 0. The van der Waals surface area contributed by atoms with E-state index in [2.05, 4.69) is 0 Å². The molecule has 0 aromatic heterocycles. The average molecular weight is 318 g/mol. The summed E-state index contributed by atoms with van der Waals surface area (Å²) in [5.74, 6) is -0.668. The third kappa shape index (κ3) is 1.54. The first-order valence-electron chi connectivity index (χ1n) is 6.59. The minimum atomic E-state index is -1.37. The number of amides is 3. The molecule has 0 saturated carbocycles. The normalized spacial score (nSPS) is 23.6. The number of urea groups is 1. The van der Waals surface area contributed by atoms with Gasteiger partial charge in [-0.15, -0.1) is 0 Å². The van der Waals surface area contributed by atoms with E-state index >= 15 is 0 Å². The van der Waals surface area contributed by atoms with E-state index < -0.39 is 17.5 Å². The maximum absolute atomic E-state index is 12.7. The second-order valence-electron chi connectivity index (χ2n) is 5.38. The number of nitrogens with zero attached hydrogens (tertiary/aromatic N) is 3. The fraction of sp³-hybridized carbons (Fsp3) is 0.267. The number of hydrogen-bond donors (Lipinski definition) is 1. The first-order chi connectivity index (χ1) is 10.3. The number of carbonyl (C=O) groups excluding carboxylic acids is 2. The summed E-state index contributed by atoms with van der Waals surface area (Å²) in [4.78, 5) is 27.6. The number of anilines is 1. The zero-order chi connectivity index (χ0) is 16.2. The second kappa shape index (κ2) is 4.49. The van der Waals surface area contributed by atoms with Gasteiger partial charge in [-0.05, 0) is 37.6 Å². The molecule has 112 valence electrons. The first kappa shape index (κ1) is 14.4. The molecule has 1 atom stereocenters. The molecule has 3 rings (SSSR count). The highest BCUT2D eigenvalue weighted by molar-refractivity contribution is 6.33.